The highest BCUT2D eigenvalue weighted by atomic mass is 16.4. The van der Waals surface area contributed by atoms with Crippen molar-refractivity contribution in [2.75, 3.05) is 0 Å². The Morgan fingerprint density at radius 1 is 0.941 bits per heavy atom. The molecule has 0 aliphatic rings. The summed E-state index contributed by atoms with van der Waals surface area (Å²) in [6, 6.07) is 13.1. The van der Waals surface area contributed by atoms with Crippen molar-refractivity contribution in [1.29, 1.82) is 0 Å². The van der Waals surface area contributed by atoms with Gasteiger partial charge in [-0.2, -0.15) is 0 Å². The molecule has 4 nitrogen and oxygen atoms in total. The third-order valence-corrected chi connectivity index (χ3v) is 2.38. The summed E-state index contributed by atoms with van der Waals surface area (Å²) in [5, 5.41) is 31.1. The van der Waals surface area contributed by atoms with Crippen LogP contribution in [0, 0.1) is 0 Å². The van der Waals surface area contributed by atoms with Crippen LogP contribution in [0.2, 0.25) is 0 Å². The monoisotopic (exact) mass is 229 g/mol. The van der Waals surface area contributed by atoms with Crippen LogP contribution in [0.4, 0.5) is 0 Å². The molecule has 2 rings (SSSR count). The van der Waals surface area contributed by atoms with Crippen molar-refractivity contribution in [2.45, 2.75) is 0 Å². The van der Waals surface area contributed by atoms with E-state index in [-0.39, 0.29) is 17.2 Å². The van der Waals surface area contributed by atoms with Crippen molar-refractivity contribution >= 4 is 5.71 Å². The highest BCUT2D eigenvalue weighted by Gasteiger charge is 2.12. The molecule has 0 amide bonds. The van der Waals surface area contributed by atoms with E-state index in [9.17, 15) is 10.2 Å². The van der Waals surface area contributed by atoms with Crippen LogP contribution in [-0.4, -0.2) is 21.1 Å². The van der Waals surface area contributed by atoms with Crippen LogP contribution in [0.5, 0.6) is 11.5 Å². The maximum absolute atomic E-state index is 9.70. The van der Waals surface area contributed by atoms with E-state index in [0.717, 1.165) is 0 Å². The largest absolute Gasteiger partial charge is 0.508 e. The minimum atomic E-state index is -0.137. The molecule has 2 aromatic rings. The molecule has 17 heavy (non-hydrogen) atoms. The number of hydrogen-bond donors (Lipinski definition) is 3. The van der Waals surface area contributed by atoms with E-state index >= 15 is 0 Å². The third-order valence-electron chi connectivity index (χ3n) is 2.38. The number of phenolic OH excluding ortho intramolecular Hbond substituents is 2. The lowest BCUT2D eigenvalue weighted by Gasteiger charge is -2.07. The van der Waals surface area contributed by atoms with Crippen LogP contribution in [0.1, 0.15) is 11.1 Å². The van der Waals surface area contributed by atoms with Crippen molar-refractivity contribution in [3.63, 3.8) is 0 Å². The van der Waals surface area contributed by atoms with Gasteiger partial charge in [0.25, 0.3) is 0 Å². The van der Waals surface area contributed by atoms with Gasteiger partial charge in [0.1, 0.15) is 17.2 Å². The molecule has 86 valence electrons. The summed E-state index contributed by atoms with van der Waals surface area (Å²) in [6.45, 7) is 0. The highest BCUT2D eigenvalue weighted by Crippen LogP contribution is 2.25. The first-order valence-electron chi connectivity index (χ1n) is 5.02. The fourth-order valence-corrected chi connectivity index (χ4v) is 1.58. The Morgan fingerprint density at radius 3 is 2.24 bits per heavy atom. The van der Waals surface area contributed by atoms with Crippen LogP contribution in [0.3, 0.4) is 0 Å². The Balaban J connectivity index is 2.51. The highest BCUT2D eigenvalue weighted by molar-refractivity contribution is 6.14. The summed E-state index contributed by atoms with van der Waals surface area (Å²) in [4.78, 5) is 0. The average Bonchev–Trinajstić information content (AvgIpc) is 2.34. The lowest BCUT2D eigenvalue weighted by atomic mass is 10.0. The summed E-state index contributed by atoms with van der Waals surface area (Å²) >= 11 is 0. The summed E-state index contributed by atoms with van der Waals surface area (Å²) < 4.78 is 0. The third kappa shape index (κ3) is 2.20. The van der Waals surface area contributed by atoms with E-state index in [2.05, 4.69) is 5.16 Å². The predicted octanol–water partition coefficient (Wildman–Crippen LogP) is 2.32. The maximum atomic E-state index is 9.70. The first-order chi connectivity index (χ1) is 8.22. The van der Waals surface area contributed by atoms with E-state index in [1.165, 1.54) is 18.2 Å². The molecule has 0 bridgehead atoms. The van der Waals surface area contributed by atoms with Gasteiger partial charge in [0.2, 0.25) is 0 Å². The van der Waals surface area contributed by atoms with Gasteiger partial charge in [-0.15, -0.1) is 0 Å². The fraction of sp³-hybridized carbons (Fsp3) is 0. The zero-order valence-electron chi connectivity index (χ0n) is 8.91. The van der Waals surface area contributed by atoms with Crippen molar-refractivity contribution in [3.8, 4) is 11.5 Å². The standard InChI is InChI=1S/C13H11NO3/c15-10-6-7-11(12(16)8-10)13(14-17)9-4-2-1-3-5-9/h1-8,15-17H. The van der Waals surface area contributed by atoms with Gasteiger partial charge in [-0.1, -0.05) is 35.5 Å². The molecule has 0 atom stereocenters. The van der Waals surface area contributed by atoms with Gasteiger partial charge in [0, 0.05) is 17.2 Å². The fourth-order valence-electron chi connectivity index (χ4n) is 1.58. The first kappa shape index (κ1) is 11.0. The molecule has 0 aliphatic carbocycles. The van der Waals surface area contributed by atoms with Crippen molar-refractivity contribution in [1.82, 2.24) is 0 Å². The zero-order valence-corrected chi connectivity index (χ0v) is 8.91. The molecule has 4 heteroatoms. The second kappa shape index (κ2) is 4.57. The molecule has 3 N–H and O–H groups in total. The topological polar surface area (TPSA) is 73.1 Å². The molecule has 0 spiro atoms. The van der Waals surface area contributed by atoms with E-state index in [4.69, 9.17) is 5.21 Å². The van der Waals surface area contributed by atoms with Crippen LogP contribution in [0.25, 0.3) is 0 Å². The predicted molar refractivity (Wildman–Crippen MR) is 63.6 cm³/mol. The van der Waals surface area contributed by atoms with E-state index in [1.54, 1.807) is 24.3 Å². The average molecular weight is 229 g/mol. The summed E-state index contributed by atoms with van der Waals surface area (Å²) in [6.07, 6.45) is 0. The molecule has 0 saturated carbocycles. The van der Waals surface area contributed by atoms with Gasteiger partial charge in [0.05, 0.1) is 0 Å². The van der Waals surface area contributed by atoms with E-state index in [1.807, 2.05) is 6.07 Å². The number of phenols is 2. The molecule has 0 aliphatic heterocycles. The SMILES string of the molecule is ON=C(c1ccccc1)c1ccc(O)cc1O. The normalized spacial score (nSPS) is 11.4. The number of benzene rings is 2. The van der Waals surface area contributed by atoms with Crippen LogP contribution in [-0.2, 0) is 0 Å². The van der Waals surface area contributed by atoms with E-state index < -0.39 is 0 Å². The molecule has 0 saturated heterocycles. The van der Waals surface area contributed by atoms with Gasteiger partial charge < -0.3 is 15.4 Å². The van der Waals surface area contributed by atoms with Crippen LogP contribution >= 0.6 is 0 Å². The molecule has 0 aromatic heterocycles. The molecular formula is C13H11NO3. The smallest absolute Gasteiger partial charge is 0.128 e. The van der Waals surface area contributed by atoms with Crippen molar-refractivity contribution < 1.29 is 15.4 Å². The summed E-state index contributed by atoms with van der Waals surface area (Å²) in [5.41, 5.74) is 1.29. The quantitative estimate of drug-likeness (QED) is 0.420. The Bertz CT molecular complexity index is 550. The maximum Gasteiger partial charge on any atom is 0.128 e. The molecule has 0 heterocycles. The van der Waals surface area contributed by atoms with Crippen molar-refractivity contribution in [2.24, 2.45) is 5.16 Å². The number of rotatable bonds is 2. The minimum Gasteiger partial charge on any atom is -0.508 e. The van der Waals surface area contributed by atoms with Crippen molar-refractivity contribution in [3.05, 3.63) is 59.7 Å². The second-order valence-electron chi connectivity index (χ2n) is 3.52. The second-order valence-corrected chi connectivity index (χ2v) is 3.52. The van der Waals surface area contributed by atoms with Gasteiger partial charge in [-0.05, 0) is 12.1 Å². The Kier molecular flexibility index (Phi) is 2.96. The van der Waals surface area contributed by atoms with E-state index in [0.29, 0.717) is 11.1 Å². The molecule has 0 fully saturated rings. The first-order valence-corrected chi connectivity index (χ1v) is 5.02. The lowest BCUT2D eigenvalue weighted by molar-refractivity contribution is 0.319. The Labute approximate surface area is 98.1 Å². The lowest BCUT2D eigenvalue weighted by Crippen LogP contribution is -2.03. The minimum absolute atomic E-state index is 0.0448. The van der Waals surface area contributed by atoms with Crippen LogP contribution in [0.15, 0.2) is 53.7 Å². The number of hydrogen-bond acceptors (Lipinski definition) is 4. The van der Waals surface area contributed by atoms with Gasteiger partial charge >= 0.3 is 0 Å². The van der Waals surface area contributed by atoms with Gasteiger partial charge in [-0.25, -0.2) is 0 Å². The van der Waals surface area contributed by atoms with Gasteiger partial charge in [-0.3, -0.25) is 0 Å². The Hall–Kier alpha value is -2.49. The molecule has 2 aromatic carbocycles. The summed E-state index contributed by atoms with van der Waals surface area (Å²) in [7, 11) is 0. The molecule has 0 radical (unpaired) electrons. The Morgan fingerprint density at radius 2 is 1.65 bits per heavy atom. The van der Waals surface area contributed by atoms with Crippen LogP contribution < -0.4 is 0 Å². The number of nitrogens with zero attached hydrogens (tertiary/aromatic N) is 1. The molecule has 0 unspecified atom stereocenters. The molecular weight excluding hydrogens is 218 g/mol. The number of oxime groups is 1. The summed E-state index contributed by atoms with van der Waals surface area (Å²) in [5.74, 6) is -0.182. The number of aromatic hydroxyl groups is 2. The van der Waals surface area contributed by atoms with Gasteiger partial charge in [0.15, 0.2) is 0 Å². The zero-order chi connectivity index (χ0) is 12.3.